The van der Waals surface area contributed by atoms with Crippen molar-refractivity contribution in [3.63, 3.8) is 0 Å². The number of carbonyl (C=O) groups is 1. The summed E-state index contributed by atoms with van der Waals surface area (Å²) in [6, 6.07) is 10.4. The number of methoxy groups -OCH3 is 2. The molecule has 0 bridgehead atoms. The topological polar surface area (TPSA) is 55.8 Å². The highest BCUT2D eigenvalue weighted by molar-refractivity contribution is 6.20. The molecule has 114 valence electrons. The second-order valence-corrected chi connectivity index (χ2v) is 4.52. The zero-order valence-corrected chi connectivity index (χ0v) is 12.2. The van der Waals surface area contributed by atoms with Gasteiger partial charge in [-0.2, -0.15) is 0 Å². The first-order valence-electron chi connectivity index (χ1n) is 6.47. The molecule has 0 aliphatic carbocycles. The fourth-order valence-corrected chi connectivity index (χ4v) is 1.98. The van der Waals surface area contributed by atoms with Crippen LogP contribution in [0.25, 0.3) is 11.6 Å². The summed E-state index contributed by atoms with van der Waals surface area (Å²) in [4.78, 5) is 11.5. The minimum Gasteiger partial charge on any atom is -0.497 e. The first kappa shape index (κ1) is 15.6. The molecule has 22 heavy (non-hydrogen) atoms. The zero-order chi connectivity index (χ0) is 16.1. The van der Waals surface area contributed by atoms with Crippen LogP contribution in [0.15, 0.2) is 42.5 Å². The average molecular weight is 302 g/mol. The van der Waals surface area contributed by atoms with Crippen LogP contribution in [0.1, 0.15) is 11.1 Å². The number of carboxylic acid groups (broad SMARTS) is 1. The molecule has 2 aromatic carbocycles. The van der Waals surface area contributed by atoms with E-state index in [0.717, 1.165) is 0 Å². The predicted octanol–water partition coefficient (Wildman–Crippen LogP) is 3.47. The Morgan fingerprint density at radius 2 is 1.59 bits per heavy atom. The Labute approximate surface area is 127 Å². The Morgan fingerprint density at radius 3 is 2.05 bits per heavy atom. The van der Waals surface area contributed by atoms with Crippen LogP contribution in [0.5, 0.6) is 11.5 Å². The van der Waals surface area contributed by atoms with Crippen LogP contribution in [0.2, 0.25) is 0 Å². The van der Waals surface area contributed by atoms with Gasteiger partial charge in [-0.05, 0) is 41.5 Å². The van der Waals surface area contributed by atoms with Crippen molar-refractivity contribution in [1.29, 1.82) is 0 Å². The Hall–Kier alpha value is -2.82. The Balaban J connectivity index is 2.50. The van der Waals surface area contributed by atoms with Gasteiger partial charge in [0, 0.05) is 6.07 Å². The number of hydrogen-bond donors (Lipinski definition) is 1. The lowest BCUT2D eigenvalue weighted by Gasteiger charge is -2.07. The van der Waals surface area contributed by atoms with Gasteiger partial charge in [0.2, 0.25) is 0 Å². The van der Waals surface area contributed by atoms with Crippen LogP contribution < -0.4 is 9.47 Å². The summed E-state index contributed by atoms with van der Waals surface area (Å²) in [5, 5.41) is 9.39. The predicted molar refractivity (Wildman–Crippen MR) is 81.5 cm³/mol. The smallest absolute Gasteiger partial charge is 0.336 e. The van der Waals surface area contributed by atoms with Crippen molar-refractivity contribution in [3.8, 4) is 11.5 Å². The van der Waals surface area contributed by atoms with Gasteiger partial charge in [0.1, 0.15) is 17.3 Å². The third-order valence-corrected chi connectivity index (χ3v) is 3.07. The van der Waals surface area contributed by atoms with E-state index in [1.807, 2.05) is 0 Å². The van der Waals surface area contributed by atoms with Gasteiger partial charge in [0.05, 0.1) is 19.8 Å². The second-order valence-electron chi connectivity index (χ2n) is 4.52. The van der Waals surface area contributed by atoms with Gasteiger partial charge in [-0.25, -0.2) is 9.18 Å². The number of benzene rings is 2. The van der Waals surface area contributed by atoms with Crippen LogP contribution in [0.3, 0.4) is 0 Å². The highest BCUT2D eigenvalue weighted by atomic mass is 19.1. The maximum Gasteiger partial charge on any atom is 0.336 e. The second kappa shape index (κ2) is 6.76. The van der Waals surface area contributed by atoms with Gasteiger partial charge < -0.3 is 14.6 Å². The molecule has 0 saturated heterocycles. The lowest BCUT2D eigenvalue weighted by atomic mass is 10.0. The Kier molecular flexibility index (Phi) is 4.78. The van der Waals surface area contributed by atoms with Crippen molar-refractivity contribution in [3.05, 3.63) is 59.4 Å². The molecule has 0 unspecified atom stereocenters. The first-order chi connectivity index (χ1) is 10.5. The summed E-state index contributed by atoms with van der Waals surface area (Å²) in [5.74, 6) is -0.422. The highest BCUT2D eigenvalue weighted by Crippen LogP contribution is 2.26. The first-order valence-corrected chi connectivity index (χ1v) is 6.47. The van der Waals surface area contributed by atoms with E-state index in [0.29, 0.717) is 22.6 Å². The summed E-state index contributed by atoms with van der Waals surface area (Å²) < 4.78 is 23.3. The van der Waals surface area contributed by atoms with Gasteiger partial charge in [0.15, 0.2) is 0 Å². The van der Waals surface area contributed by atoms with Crippen LogP contribution in [-0.2, 0) is 4.79 Å². The number of carboxylic acids is 1. The fourth-order valence-electron chi connectivity index (χ4n) is 1.98. The number of hydrogen-bond acceptors (Lipinski definition) is 3. The van der Waals surface area contributed by atoms with E-state index >= 15 is 0 Å². The van der Waals surface area contributed by atoms with Gasteiger partial charge in [-0.15, -0.1) is 0 Å². The lowest BCUT2D eigenvalue weighted by molar-refractivity contribution is -0.130. The third-order valence-electron chi connectivity index (χ3n) is 3.07. The Morgan fingerprint density at radius 1 is 1.05 bits per heavy atom. The normalized spacial score (nSPS) is 11.1. The van der Waals surface area contributed by atoms with Crippen LogP contribution in [-0.4, -0.2) is 25.3 Å². The quantitative estimate of drug-likeness (QED) is 0.679. The largest absolute Gasteiger partial charge is 0.497 e. The van der Waals surface area contributed by atoms with Crippen molar-refractivity contribution in [1.82, 2.24) is 0 Å². The molecule has 0 aromatic heterocycles. The zero-order valence-electron chi connectivity index (χ0n) is 12.2. The molecule has 0 fully saturated rings. The van der Waals surface area contributed by atoms with Crippen molar-refractivity contribution >= 4 is 17.6 Å². The Bertz CT molecular complexity index is 683. The molecule has 1 N–H and O–H groups in total. The monoisotopic (exact) mass is 302 g/mol. The van der Waals surface area contributed by atoms with E-state index in [4.69, 9.17) is 9.47 Å². The standard InChI is InChI=1S/C17H15FO4/c1-21-14-7-11(8-15(10-14)22-2)9-16(17(19)20)12-3-5-13(18)6-4-12/h3-10H,1-2H3,(H,19,20). The van der Waals surface area contributed by atoms with E-state index in [9.17, 15) is 14.3 Å². The summed E-state index contributed by atoms with van der Waals surface area (Å²) in [6.45, 7) is 0. The molecule has 0 spiro atoms. The number of ether oxygens (including phenoxy) is 2. The minimum atomic E-state index is -1.10. The van der Waals surface area contributed by atoms with E-state index in [1.165, 1.54) is 44.6 Å². The number of halogens is 1. The third kappa shape index (κ3) is 3.63. The van der Waals surface area contributed by atoms with Crippen molar-refractivity contribution in [2.45, 2.75) is 0 Å². The van der Waals surface area contributed by atoms with Crippen molar-refractivity contribution in [2.24, 2.45) is 0 Å². The highest BCUT2D eigenvalue weighted by Gasteiger charge is 2.11. The van der Waals surface area contributed by atoms with Gasteiger partial charge in [-0.1, -0.05) is 12.1 Å². The molecule has 0 atom stereocenters. The van der Waals surface area contributed by atoms with E-state index in [1.54, 1.807) is 18.2 Å². The summed E-state index contributed by atoms with van der Waals surface area (Å²) in [5.41, 5.74) is 1.07. The number of aliphatic carboxylic acids is 1. The van der Waals surface area contributed by atoms with Crippen LogP contribution >= 0.6 is 0 Å². The molecule has 5 heteroatoms. The van der Waals surface area contributed by atoms with Gasteiger partial charge >= 0.3 is 5.97 Å². The molecule has 0 radical (unpaired) electrons. The van der Waals surface area contributed by atoms with Crippen LogP contribution in [0.4, 0.5) is 4.39 Å². The maximum atomic E-state index is 13.0. The van der Waals surface area contributed by atoms with E-state index in [-0.39, 0.29) is 5.57 Å². The average Bonchev–Trinajstić information content (AvgIpc) is 2.53. The fraction of sp³-hybridized carbons (Fsp3) is 0.118. The molecule has 0 aliphatic heterocycles. The lowest BCUT2D eigenvalue weighted by Crippen LogP contribution is -2.00. The van der Waals surface area contributed by atoms with Crippen molar-refractivity contribution < 1.29 is 23.8 Å². The van der Waals surface area contributed by atoms with Gasteiger partial charge in [-0.3, -0.25) is 0 Å². The molecule has 0 saturated carbocycles. The molecule has 2 aromatic rings. The molecular formula is C17H15FO4. The molecule has 4 nitrogen and oxygen atoms in total. The number of rotatable bonds is 5. The SMILES string of the molecule is COc1cc(C=C(C(=O)O)c2ccc(F)cc2)cc(OC)c1. The minimum absolute atomic E-state index is 0.0512. The van der Waals surface area contributed by atoms with E-state index < -0.39 is 11.8 Å². The molecule has 2 rings (SSSR count). The molecule has 0 aliphatic rings. The molecule has 0 heterocycles. The summed E-state index contributed by atoms with van der Waals surface area (Å²) in [6.07, 6.45) is 1.49. The molecular weight excluding hydrogens is 287 g/mol. The van der Waals surface area contributed by atoms with Crippen LogP contribution in [0, 0.1) is 5.82 Å². The van der Waals surface area contributed by atoms with Gasteiger partial charge in [0.25, 0.3) is 0 Å². The summed E-state index contributed by atoms with van der Waals surface area (Å²) >= 11 is 0. The summed E-state index contributed by atoms with van der Waals surface area (Å²) in [7, 11) is 3.03. The molecule has 0 amide bonds. The van der Waals surface area contributed by atoms with Crippen molar-refractivity contribution in [2.75, 3.05) is 14.2 Å². The van der Waals surface area contributed by atoms with E-state index in [2.05, 4.69) is 0 Å². The maximum absolute atomic E-state index is 13.0.